The van der Waals surface area contributed by atoms with E-state index < -0.39 is 5.97 Å². The van der Waals surface area contributed by atoms with Gasteiger partial charge in [-0.2, -0.15) is 0 Å². The van der Waals surface area contributed by atoms with Crippen LogP contribution in [-0.2, 0) is 18.3 Å². The van der Waals surface area contributed by atoms with Crippen molar-refractivity contribution in [3.63, 3.8) is 0 Å². The molecule has 0 saturated carbocycles. The number of aliphatic carboxylic acids is 1. The lowest BCUT2D eigenvalue weighted by Crippen LogP contribution is -1.96. The smallest absolute Gasteiger partial charge is 0.303 e. The first kappa shape index (κ1) is 12.0. The molecule has 0 saturated heterocycles. The minimum absolute atomic E-state index is 0.214. The standard InChI is InChI=1S/C13H14ClNO2/c1-15-8-11(14)10-6-5-9(7-12(10)15)3-2-4-13(16)17/h5-8H,2-4H2,1H3,(H,16,17). The molecule has 1 N–H and O–H groups in total. The third kappa shape index (κ3) is 2.61. The Bertz CT molecular complexity index is 560. The van der Waals surface area contributed by atoms with Gasteiger partial charge in [0.15, 0.2) is 0 Å². The van der Waals surface area contributed by atoms with Crippen LogP contribution in [0, 0.1) is 0 Å². The number of carboxylic acids is 1. The minimum atomic E-state index is -0.743. The normalized spacial score (nSPS) is 10.9. The lowest BCUT2D eigenvalue weighted by atomic mass is 10.1. The Kier molecular flexibility index (Phi) is 3.38. The predicted molar refractivity (Wildman–Crippen MR) is 68.5 cm³/mol. The van der Waals surface area contributed by atoms with Crippen LogP contribution in [0.4, 0.5) is 0 Å². The molecule has 1 aromatic heterocycles. The number of carboxylic acid groups (broad SMARTS) is 1. The number of rotatable bonds is 4. The number of nitrogens with zero attached hydrogens (tertiary/aromatic N) is 1. The Labute approximate surface area is 105 Å². The highest BCUT2D eigenvalue weighted by atomic mass is 35.5. The second-order valence-corrected chi connectivity index (χ2v) is 4.59. The van der Waals surface area contributed by atoms with Crippen molar-refractivity contribution in [3.8, 4) is 0 Å². The summed E-state index contributed by atoms with van der Waals surface area (Å²) in [5.41, 5.74) is 2.24. The highest BCUT2D eigenvalue weighted by Crippen LogP contribution is 2.26. The fourth-order valence-corrected chi connectivity index (χ4v) is 2.29. The number of aromatic nitrogens is 1. The molecule has 0 unspecified atom stereocenters. The monoisotopic (exact) mass is 251 g/mol. The molecule has 4 heteroatoms. The highest BCUT2D eigenvalue weighted by Gasteiger charge is 2.05. The van der Waals surface area contributed by atoms with Gasteiger partial charge in [-0.15, -0.1) is 0 Å². The Balaban J connectivity index is 2.19. The SMILES string of the molecule is Cn1cc(Cl)c2ccc(CCCC(=O)O)cc21. The number of aryl methyl sites for hydroxylation is 2. The molecule has 17 heavy (non-hydrogen) atoms. The molecule has 0 spiro atoms. The van der Waals surface area contributed by atoms with Crippen LogP contribution in [0.1, 0.15) is 18.4 Å². The van der Waals surface area contributed by atoms with E-state index in [4.69, 9.17) is 16.7 Å². The molecule has 0 amide bonds. The maximum atomic E-state index is 10.4. The topological polar surface area (TPSA) is 42.2 Å². The van der Waals surface area contributed by atoms with E-state index >= 15 is 0 Å². The molecule has 0 fully saturated rings. The zero-order valence-electron chi connectivity index (χ0n) is 9.61. The Morgan fingerprint density at radius 3 is 2.94 bits per heavy atom. The van der Waals surface area contributed by atoms with Crippen LogP contribution in [0.25, 0.3) is 10.9 Å². The summed E-state index contributed by atoms with van der Waals surface area (Å²) in [4.78, 5) is 10.4. The number of fused-ring (bicyclic) bond motifs is 1. The van der Waals surface area contributed by atoms with Crippen LogP contribution < -0.4 is 0 Å². The summed E-state index contributed by atoms with van der Waals surface area (Å²) < 4.78 is 1.98. The van der Waals surface area contributed by atoms with Crippen LogP contribution in [0.2, 0.25) is 5.02 Å². The Hall–Kier alpha value is -1.48. The van der Waals surface area contributed by atoms with Gasteiger partial charge in [0.1, 0.15) is 0 Å². The first-order chi connectivity index (χ1) is 8.08. The van der Waals surface area contributed by atoms with Crippen molar-refractivity contribution in [2.24, 2.45) is 7.05 Å². The van der Waals surface area contributed by atoms with Crippen LogP contribution in [0.3, 0.4) is 0 Å². The molecule has 2 aromatic rings. The van der Waals surface area contributed by atoms with Crippen LogP contribution in [0.5, 0.6) is 0 Å². The largest absolute Gasteiger partial charge is 0.481 e. The molecule has 0 aliphatic rings. The van der Waals surface area contributed by atoms with Crippen LogP contribution in [-0.4, -0.2) is 15.6 Å². The quantitative estimate of drug-likeness (QED) is 0.907. The Morgan fingerprint density at radius 1 is 1.47 bits per heavy atom. The molecule has 90 valence electrons. The minimum Gasteiger partial charge on any atom is -0.481 e. The average molecular weight is 252 g/mol. The Morgan fingerprint density at radius 2 is 2.24 bits per heavy atom. The van der Waals surface area contributed by atoms with Gasteiger partial charge < -0.3 is 9.67 Å². The summed E-state index contributed by atoms with van der Waals surface area (Å²) in [7, 11) is 1.95. The summed E-state index contributed by atoms with van der Waals surface area (Å²) in [6.45, 7) is 0. The zero-order chi connectivity index (χ0) is 12.4. The van der Waals surface area contributed by atoms with Crippen LogP contribution >= 0.6 is 11.6 Å². The number of hydrogen-bond acceptors (Lipinski definition) is 1. The van der Waals surface area contributed by atoms with Gasteiger partial charge in [-0.3, -0.25) is 4.79 Å². The third-order valence-corrected chi connectivity index (χ3v) is 3.16. The highest BCUT2D eigenvalue weighted by molar-refractivity contribution is 6.35. The molecular formula is C13H14ClNO2. The van der Waals surface area contributed by atoms with E-state index in [0.29, 0.717) is 6.42 Å². The summed E-state index contributed by atoms with van der Waals surface area (Å²) >= 11 is 6.08. The molecule has 1 aromatic carbocycles. The van der Waals surface area contributed by atoms with Gasteiger partial charge in [0.05, 0.1) is 5.02 Å². The van der Waals surface area contributed by atoms with E-state index in [1.54, 1.807) is 0 Å². The van der Waals surface area contributed by atoms with E-state index in [-0.39, 0.29) is 6.42 Å². The molecule has 1 heterocycles. The summed E-state index contributed by atoms with van der Waals surface area (Å²) in [6.07, 6.45) is 3.54. The van der Waals surface area contributed by atoms with Crippen molar-refractivity contribution < 1.29 is 9.90 Å². The number of hydrogen-bond donors (Lipinski definition) is 1. The molecular weight excluding hydrogens is 238 g/mol. The third-order valence-electron chi connectivity index (χ3n) is 2.86. The van der Waals surface area contributed by atoms with Gasteiger partial charge in [-0.1, -0.05) is 23.7 Å². The maximum Gasteiger partial charge on any atom is 0.303 e. The van der Waals surface area contributed by atoms with E-state index in [1.165, 1.54) is 0 Å². The van der Waals surface area contributed by atoms with Crippen molar-refractivity contribution in [2.75, 3.05) is 0 Å². The second-order valence-electron chi connectivity index (χ2n) is 4.19. The molecule has 3 nitrogen and oxygen atoms in total. The van der Waals surface area contributed by atoms with Crippen molar-refractivity contribution in [1.29, 1.82) is 0 Å². The first-order valence-electron chi connectivity index (χ1n) is 5.53. The van der Waals surface area contributed by atoms with Crippen LogP contribution in [0.15, 0.2) is 24.4 Å². The predicted octanol–water partition coefficient (Wildman–Crippen LogP) is 3.24. The molecule has 0 atom stereocenters. The van der Waals surface area contributed by atoms with Gasteiger partial charge in [0.25, 0.3) is 0 Å². The first-order valence-corrected chi connectivity index (χ1v) is 5.91. The van der Waals surface area contributed by atoms with E-state index in [2.05, 4.69) is 6.07 Å². The van der Waals surface area contributed by atoms with E-state index in [1.807, 2.05) is 29.9 Å². The van der Waals surface area contributed by atoms with Gasteiger partial charge in [0, 0.05) is 30.6 Å². The summed E-state index contributed by atoms with van der Waals surface area (Å²) in [5.74, 6) is -0.743. The number of benzene rings is 1. The fourth-order valence-electron chi connectivity index (χ4n) is 1.98. The van der Waals surface area contributed by atoms with Gasteiger partial charge in [-0.05, 0) is 24.5 Å². The summed E-state index contributed by atoms with van der Waals surface area (Å²) in [6, 6.07) is 6.08. The van der Waals surface area contributed by atoms with E-state index in [9.17, 15) is 4.79 Å². The zero-order valence-corrected chi connectivity index (χ0v) is 10.4. The van der Waals surface area contributed by atoms with Crippen molar-refractivity contribution in [2.45, 2.75) is 19.3 Å². The maximum absolute atomic E-state index is 10.4. The second kappa shape index (κ2) is 4.80. The van der Waals surface area contributed by atoms with Gasteiger partial charge in [-0.25, -0.2) is 0 Å². The summed E-state index contributed by atoms with van der Waals surface area (Å²) in [5, 5.41) is 10.4. The van der Waals surface area contributed by atoms with Gasteiger partial charge in [0.2, 0.25) is 0 Å². The lowest BCUT2D eigenvalue weighted by Gasteiger charge is -2.02. The average Bonchev–Trinajstić information content (AvgIpc) is 2.54. The molecule has 0 radical (unpaired) electrons. The van der Waals surface area contributed by atoms with Crippen molar-refractivity contribution in [3.05, 3.63) is 35.0 Å². The molecule has 0 bridgehead atoms. The van der Waals surface area contributed by atoms with E-state index in [0.717, 1.165) is 27.9 Å². The van der Waals surface area contributed by atoms with Crippen molar-refractivity contribution in [1.82, 2.24) is 4.57 Å². The molecule has 2 rings (SSSR count). The van der Waals surface area contributed by atoms with Gasteiger partial charge >= 0.3 is 5.97 Å². The van der Waals surface area contributed by atoms with Crippen molar-refractivity contribution >= 4 is 28.5 Å². The number of carbonyl (C=O) groups is 1. The molecule has 0 aliphatic carbocycles. The fraction of sp³-hybridized carbons (Fsp3) is 0.308. The number of halogens is 1. The lowest BCUT2D eigenvalue weighted by molar-refractivity contribution is -0.137. The molecule has 0 aliphatic heterocycles.